The largest absolute Gasteiger partial charge is 0.486 e. The molecule has 152 valence electrons. The number of hydrogen-bond donors (Lipinski definition) is 1. The van der Waals surface area contributed by atoms with Gasteiger partial charge >= 0.3 is 5.97 Å². The number of para-hydroxylation sites is 1. The number of benzene rings is 2. The lowest BCUT2D eigenvalue weighted by Gasteiger charge is -2.31. The van der Waals surface area contributed by atoms with Crippen LogP contribution in [0.2, 0.25) is 0 Å². The lowest BCUT2D eigenvalue weighted by molar-refractivity contribution is -0.155. The number of aryl methyl sites for hydroxylation is 1. The van der Waals surface area contributed by atoms with Crippen LogP contribution in [0, 0.1) is 12.8 Å². The number of halogens is 1. The summed E-state index contributed by atoms with van der Waals surface area (Å²) in [6, 6.07) is 17.8. The Labute approximate surface area is 173 Å². The molecule has 0 spiro atoms. The van der Waals surface area contributed by atoms with Gasteiger partial charge in [-0.3, -0.25) is 4.79 Å². The van der Waals surface area contributed by atoms with Crippen LogP contribution in [0.3, 0.4) is 0 Å². The molecule has 4 nitrogen and oxygen atoms in total. The van der Waals surface area contributed by atoms with E-state index < -0.39 is 6.04 Å². The Bertz CT molecular complexity index is 735. The highest BCUT2D eigenvalue weighted by Crippen LogP contribution is 2.28. The zero-order valence-corrected chi connectivity index (χ0v) is 17.4. The van der Waals surface area contributed by atoms with Crippen molar-refractivity contribution < 1.29 is 14.3 Å². The van der Waals surface area contributed by atoms with Crippen molar-refractivity contribution in [3.05, 3.63) is 65.7 Å². The van der Waals surface area contributed by atoms with E-state index in [4.69, 9.17) is 15.2 Å². The Morgan fingerprint density at radius 2 is 1.75 bits per heavy atom. The summed E-state index contributed by atoms with van der Waals surface area (Å²) in [5.74, 6) is 0.698. The third-order valence-corrected chi connectivity index (χ3v) is 5.26. The van der Waals surface area contributed by atoms with Crippen LogP contribution in [0.4, 0.5) is 0 Å². The molecular weight excluding hydrogens is 374 g/mol. The van der Waals surface area contributed by atoms with Crippen LogP contribution >= 0.6 is 12.4 Å². The average Bonchev–Trinajstić information content (AvgIpc) is 2.71. The minimum atomic E-state index is -0.553. The van der Waals surface area contributed by atoms with Gasteiger partial charge in [-0.25, -0.2) is 0 Å². The summed E-state index contributed by atoms with van der Waals surface area (Å²) in [6.45, 7) is 4.00. The molecule has 2 N–H and O–H groups in total. The summed E-state index contributed by atoms with van der Waals surface area (Å²) >= 11 is 0. The first kappa shape index (κ1) is 22.3. The van der Waals surface area contributed by atoms with Crippen LogP contribution in [-0.2, 0) is 16.0 Å². The summed E-state index contributed by atoms with van der Waals surface area (Å²) in [5.41, 5.74) is 8.50. The van der Waals surface area contributed by atoms with Gasteiger partial charge in [-0.05, 0) is 50.8 Å². The zero-order chi connectivity index (χ0) is 19.2. The first-order valence-electron chi connectivity index (χ1n) is 9.76. The Morgan fingerprint density at radius 3 is 2.43 bits per heavy atom. The molecule has 4 atom stereocenters. The van der Waals surface area contributed by atoms with Crippen LogP contribution in [0.15, 0.2) is 54.6 Å². The molecule has 0 radical (unpaired) electrons. The molecule has 3 rings (SSSR count). The lowest BCUT2D eigenvalue weighted by atomic mass is 9.86. The molecular formula is C23H30ClNO3. The number of cyclic esters (lactones) is 1. The van der Waals surface area contributed by atoms with E-state index in [-0.39, 0.29) is 36.5 Å². The van der Waals surface area contributed by atoms with Gasteiger partial charge in [-0.15, -0.1) is 12.4 Å². The highest BCUT2D eigenvalue weighted by molar-refractivity contribution is 5.85. The fourth-order valence-corrected chi connectivity index (χ4v) is 3.70. The Kier molecular flexibility index (Phi) is 8.34. The molecule has 0 amide bonds. The molecule has 0 unspecified atom stereocenters. The fraction of sp³-hybridized carbons (Fsp3) is 0.435. The molecule has 0 aliphatic carbocycles. The summed E-state index contributed by atoms with van der Waals surface area (Å²) < 4.78 is 12.0. The van der Waals surface area contributed by atoms with Gasteiger partial charge in [-0.1, -0.05) is 54.4 Å². The van der Waals surface area contributed by atoms with Gasteiger partial charge in [0, 0.05) is 5.92 Å². The van der Waals surface area contributed by atoms with Crippen LogP contribution in [-0.4, -0.2) is 24.2 Å². The van der Waals surface area contributed by atoms with E-state index in [0.717, 1.165) is 25.0 Å². The van der Waals surface area contributed by atoms with Crippen molar-refractivity contribution in [3.63, 3.8) is 0 Å². The quantitative estimate of drug-likeness (QED) is 0.765. The van der Waals surface area contributed by atoms with Gasteiger partial charge in [0.25, 0.3) is 0 Å². The summed E-state index contributed by atoms with van der Waals surface area (Å²) in [5, 5.41) is 0. The topological polar surface area (TPSA) is 61.6 Å². The summed E-state index contributed by atoms with van der Waals surface area (Å²) in [4.78, 5) is 12.2. The number of rotatable bonds is 4. The molecule has 2 aromatic carbocycles. The van der Waals surface area contributed by atoms with Crippen molar-refractivity contribution in [1.29, 1.82) is 0 Å². The smallest absolute Gasteiger partial charge is 0.323 e. The summed E-state index contributed by atoms with van der Waals surface area (Å²) in [6.07, 6.45) is 2.78. The molecule has 0 aromatic heterocycles. The van der Waals surface area contributed by atoms with E-state index in [1.54, 1.807) is 0 Å². The van der Waals surface area contributed by atoms with Crippen molar-refractivity contribution in [2.24, 2.45) is 11.7 Å². The van der Waals surface area contributed by atoms with E-state index in [1.165, 1.54) is 11.1 Å². The highest BCUT2D eigenvalue weighted by Gasteiger charge is 2.34. The maximum absolute atomic E-state index is 12.2. The van der Waals surface area contributed by atoms with Crippen LogP contribution < -0.4 is 10.5 Å². The van der Waals surface area contributed by atoms with Gasteiger partial charge in [0.1, 0.15) is 24.0 Å². The minimum absolute atomic E-state index is 0. The molecule has 28 heavy (non-hydrogen) atoms. The molecule has 2 aromatic rings. The highest BCUT2D eigenvalue weighted by atomic mass is 35.5. The van der Waals surface area contributed by atoms with Crippen LogP contribution in [0.5, 0.6) is 5.75 Å². The van der Waals surface area contributed by atoms with E-state index >= 15 is 0 Å². The third kappa shape index (κ3) is 5.98. The van der Waals surface area contributed by atoms with Gasteiger partial charge in [0.05, 0.1) is 0 Å². The van der Waals surface area contributed by atoms with Crippen molar-refractivity contribution in [2.75, 3.05) is 0 Å². The monoisotopic (exact) mass is 403 g/mol. The van der Waals surface area contributed by atoms with Crippen molar-refractivity contribution >= 4 is 18.4 Å². The summed E-state index contributed by atoms with van der Waals surface area (Å²) in [7, 11) is 0. The molecule has 1 aliphatic heterocycles. The van der Waals surface area contributed by atoms with E-state index in [0.29, 0.717) is 6.42 Å². The fourth-order valence-electron chi connectivity index (χ4n) is 3.70. The first-order valence-corrected chi connectivity index (χ1v) is 9.76. The SMILES string of the molecule is Cc1ccc(C[C@H]2CCC[C@H](N)C(=O)O[C@@H](C)[C@@H]2Oc2ccccc2)cc1.Cl. The molecule has 0 bridgehead atoms. The predicted octanol–water partition coefficient (Wildman–Crippen LogP) is 4.47. The van der Waals surface area contributed by atoms with Crippen LogP contribution in [0.1, 0.15) is 37.3 Å². The van der Waals surface area contributed by atoms with E-state index in [2.05, 4.69) is 31.2 Å². The maximum Gasteiger partial charge on any atom is 0.323 e. The first-order chi connectivity index (χ1) is 13.0. The normalized spacial score (nSPS) is 25.5. The number of carbonyl (C=O) groups excluding carboxylic acids is 1. The Morgan fingerprint density at radius 1 is 1.07 bits per heavy atom. The number of carbonyl (C=O) groups is 1. The third-order valence-electron chi connectivity index (χ3n) is 5.26. The number of nitrogens with two attached hydrogens (primary N) is 1. The molecule has 1 saturated heterocycles. The van der Waals surface area contributed by atoms with Gasteiger partial charge < -0.3 is 15.2 Å². The number of esters is 1. The van der Waals surface area contributed by atoms with E-state index in [1.807, 2.05) is 37.3 Å². The second-order valence-corrected chi connectivity index (χ2v) is 7.52. The van der Waals surface area contributed by atoms with E-state index in [9.17, 15) is 4.79 Å². The second-order valence-electron chi connectivity index (χ2n) is 7.52. The van der Waals surface area contributed by atoms with Gasteiger partial charge in [0.15, 0.2) is 0 Å². The maximum atomic E-state index is 12.2. The molecule has 1 heterocycles. The Balaban J connectivity index is 0.00000280. The zero-order valence-electron chi connectivity index (χ0n) is 16.5. The number of ether oxygens (including phenoxy) is 2. The van der Waals surface area contributed by atoms with Crippen molar-refractivity contribution in [3.8, 4) is 5.75 Å². The molecule has 0 saturated carbocycles. The minimum Gasteiger partial charge on any atom is -0.486 e. The van der Waals surface area contributed by atoms with Crippen LogP contribution in [0.25, 0.3) is 0 Å². The molecule has 1 fully saturated rings. The standard InChI is InChI=1S/C23H29NO3.ClH/c1-16-11-13-18(14-12-16)15-19-7-6-10-21(24)23(25)26-17(2)22(19)27-20-8-4-3-5-9-20;/h3-5,8-9,11-14,17,19,21-22H,6-7,10,15,24H2,1-2H3;1H/t17-,19+,21-,22-;/m0./s1. The van der Waals surface area contributed by atoms with Gasteiger partial charge in [-0.2, -0.15) is 0 Å². The average molecular weight is 404 g/mol. The Hall–Kier alpha value is -2.04. The van der Waals surface area contributed by atoms with Crippen molar-refractivity contribution in [2.45, 2.75) is 57.8 Å². The predicted molar refractivity (Wildman–Crippen MR) is 114 cm³/mol. The number of hydrogen-bond acceptors (Lipinski definition) is 4. The molecule has 5 heteroatoms. The lowest BCUT2D eigenvalue weighted by Crippen LogP contribution is -2.42. The van der Waals surface area contributed by atoms with Gasteiger partial charge in [0.2, 0.25) is 0 Å². The second kappa shape index (κ2) is 10.5. The van der Waals surface area contributed by atoms with Crippen molar-refractivity contribution in [1.82, 2.24) is 0 Å². The molecule has 1 aliphatic rings.